The number of carbonyl (C=O) groups is 2. The normalized spacial score (nSPS) is 10.5. The van der Waals surface area contributed by atoms with Crippen LogP contribution in [0.2, 0.25) is 0 Å². The van der Waals surface area contributed by atoms with Crippen LogP contribution >= 0.6 is 0 Å². The van der Waals surface area contributed by atoms with Crippen LogP contribution in [0.15, 0.2) is 54.6 Å². The van der Waals surface area contributed by atoms with Crippen molar-refractivity contribution in [2.45, 2.75) is 13.5 Å². The Labute approximate surface area is 157 Å². The van der Waals surface area contributed by atoms with Gasteiger partial charge < -0.3 is 15.0 Å². The molecule has 2 amide bonds. The lowest BCUT2D eigenvalue weighted by Crippen LogP contribution is -2.26. The number of rotatable bonds is 5. The van der Waals surface area contributed by atoms with E-state index in [-0.39, 0.29) is 11.8 Å². The van der Waals surface area contributed by atoms with Crippen molar-refractivity contribution in [2.24, 2.45) is 0 Å². The smallest absolute Gasteiger partial charge is 0.253 e. The van der Waals surface area contributed by atoms with Crippen LogP contribution in [0.3, 0.4) is 0 Å². The van der Waals surface area contributed by atoms with Crippen molar-refractivity contribution in [2.75, 3.05) is 19.5 Å². The minimum absolute atomic E-state index is 0.0977. The second-order valence-electron chi connectivity index (χ2n) is 6.29. The SMILES string of the molecule is COc1ccc(CN(C)C(=O)c2ccc3ccc(NC(C)=O)nc3c2)cc1. The summed E-state index contributed by atoms with van der Waals surface area (Å²) < 4.78 is 5.15. The number of aromatic nitrogens is 1. The van der Waals surface area contributed by atoms with E-state index in [1.807, 2.05) is 36.4 Å². The molecule has 6 heteroatoms. The number of anilines is 1. The molecule has 2 aromatic carbocycles. The first-order chi connectivity index (χ1) is 13.0. The summed E-state index contributed by atoms with van der Waals surface area (Å²) in [6, 6.07) is 16.6. The first kappa shape index (κ1) is 18.4. The number of pyridine rings is 1. The summed E-state index contributed by atoms with van der Waals surface area (Å²) in [7, 11) is 3.38. The number of hydrogen-bond acceptors (Lipinski definition) is 4. The van der Waals surface area contributed by atoms with Crippen LogP contribution in [0, 0.1) is 0 Å². The summed E-state index contributed by atoms with van der Waals surface area (Å²) in [6.07, 6.45) is 0. The summed E-state index contributed by atoms with van der Waals surface area (Å²) in [4.78, 5) is 30.0. The predicted octanol–water partition coefficient (Wildman–Crippen LogP) is 3.47. The fourth-order valence-electron chi connectivity index (χ4n) is 2.80. The van der Waals surface area contributed by atoms with Gasteiger partial charge in [0.15, 0.2) is 0 Å². The van der Waals surface area contributed by atoms with Gasteiger partial charge in [0.05, 0.1) is 12.6 Å². The topological polar surface area (TPSA) is 71.5 Å². The third-order valence-electron chi connectivity index (χ3n) is 4.17. The van der Waals surface area contributed by atoms with E-state index >= 15 is 0 Å². The number of carbonyl (C=O) groups excluding carboxylic acids is 2. The van der Waals surface area contributed by atoms with Gasteiger partial charge in [0.2, 0.25) is 5.91 Å². The van der Waals surface area contributed by atoms with E-state index in [4.69, 9.17) is 4.74 Å². The Morgan fingerprint density at radius 1 is 1.07 bits per heavy atom. The maximum Gasteiger partial charge on any atom is 0.253 e. The first-order valence-corrected chi connectivity index (χ1v) is 8.53. The molecule has 0 fully saturated rings. The van der Waals surface area contributed by atoms with Crippen molar-refractivity contribution in [1.82, 2.24) is 9.88 Å². The number of methoxy groups -OCH3 is 1. The Balaban J connectivity index is 1.79. The fraction of sp³-hybridized carbons (Fsp3) is 0.190. The van der Waals surface area contributed by atoms with Gasteiger partial charge in [-0.2, -0.15) is 0 Å². The molecule has 0 aliphatic rings. The number of benzene rings is 2. The van der Waals surface area contributed by atoms with Crippen LogP contribution in [0.4, 0.5) is 5.82 Å². The second-order valence-corrected chi connectivity index (χ2v) is 6.29. The zero-order valence-corrected chi connectivity index (χ0v) is 15.5. The lowest BCUT2D eigenvalue weighted by Gasteiger charge is -2.18. The number of nitrogens with one attached hydrogen (secondary N) is 1. The van der Waals surface area contributed by atoms with Crippen LogP contribution in [0.25, 0.3) is 10.9 Å². The second kappa shape index (κ2) is 7.86. The number of nitrogens with zero attached hydrogens (tertiary/aromatic N) is 2. The Kier molecular flexibility index (Phi) is 5.35. The molecule has 0 bridgehead atoms. The molecule has 138 valence electrons. The van der Waals surface area contributed by atoms with Crippen LogP contribution in [-0.2, 0) is 11.3 Å². The molecule has 1 aromatic heterocycles. The molecule has 3 aromatic rings. The largest absolute Gasteiger partial charge is 0.497 e. The molecule has 1 N–H and O–H groups in total. The minimum Gasteiger partial charge on any atom is -0.497 e. The molecule has 0 radical (unpaired) electrons. The molecule has 0 aliphatic carbocycles. The lowest BCUT2D eigenvalue weighted by molar-refractivity contribution is -0.114. The molecule has 0 unspecified atom stereocenters. The molecule has 6 nitrogen and oxygen atoms in total. The number of amides is 2. The predicted molar refractivity (Wildman–Crippen MR) is 105 cm³/mol. The van der Waals surface area contributed by atoms with Crippen LogP contribution in [-0.4, -0.2) is 35.9 Å². The molecular weight excluding hydrogens is 342 g/mol. The molecule has 0 aliphatic heterocycles. The average molecular weight is 363 g/mol. The van der Waals surface area contributed by atoms with Gasteiger partial charge in [-0.15, -0.1) is 0 Å². The van der Waals surface area contributed by atoms with Gasteiger partial charge in [0, 0.05) is 31.5 Å². The highest BCUT2D eigenvalue weighted by molar-refractivity contribution is 5.98. The molecule has 27 heavy (non-hydrogen) atoms. The summed E-state index contributed by atoms with van der Waals surface area (Å²) in [5, 5.41) is 3.56. The monoisotopic (exact) mass is 363 g/mol. The number of fused-ring (bicyclic) bond motifs is 1. The molecule has 1 heterocycles. The van der Waals surface area contributed by atoms with Gasteiger partial charge in [-0.25, -0.2) is 4.98 Å². The van der Waals surface area contributed by atoms with E-state index in [0.717, 1.165) is 16.7 Å². The van der Waals surface area contributed by atoms with Gasteiger partial charge in [0.25, 0.3) is 5.91 Å². The highest BCUT2D eigenvalue weighted by atomic mass is 16.5. The van der Waals surface area contributed by atoms with Crippen LogP contribution in [0.5, 0.6) is 5.75 Å². The maximum absolute atomic E-state index is 12.8. The lowest BCUT2D eigenvalue weighted by atomic mass is 10.1. The summed E-state index contributed by atoms with van der Waals surface area (Å²) in [5.74, 6) is 0.960. The Morgan fingerprint density at radius 2 is 1.78 bits per heavy atom. The van der Waals surface area contributed by atoms with E-state index in [1.165, 1.54) is 6.92 Å². The van der Waals surface area contributed by atoms with E-state index in [2.05, 4.69) is 10.3 Å². The number of ether oxygens (including phenoxy) is 1. The standard InChI is InChI=1S/C21H21N3O3/c1-14(25)22-20-11-8-16-6-7-17(12-19(16)23-20)21(26)24(2)13-15-4-9-18(27-3)10-5-15/h4-12H,13H2,1-3H3,(H,22,23,25). The highest BCUT2D eigenvalue weighted by Crippen LogP contribution is 2.19. The van der Waals surface area contributed by atoms with E-state index in [1.54, 1.807) is 37.3 Å². The van der Waals surface area contributed by atoms with Gasteiger partial charge in [-0.3, -0.25) is 9.59 Å². The van der Waals surface area contributed by atoms with Gasteiger partial charge >= 0.3 is 0 Å². The molecular formula is C21H21N3O3. The Bertz CT molecular complexity index is 984. The van der Waals surface area contributed by atoms with E-state index in [9.17, 15) is 9.59 Å². The van der Waals surface area contributed by atoms with Crippen molar-refractivity contribution in [3.63, 3.8) is 0 Å². The van der Waals surface area contributed by atoms with E-state index in [0.29, 0.717) is 23.4 Å². The molecule has 0 spiro atoms. The Morgan fingerprint density at radius 3 is 2.44 bits per heavy atom. The summed E-state index contributed by atoms with van der Waals surface area (Å²) >= 11 is 0. The fourth-order valence-corrected chi connectivity index (χ4v) is 2.80. The third kappa shape index (κ3) is 4.41. The van der Waals surface area contributed by atoms with Crippen molar-refractivity contribution < 1.29 is 14.3 Å². The average Bonchev–Trinajstić information content (AvgIpc) is 2.67. The molecule has 0 atom stereocenters. The highest BCUT2D eigenvalue weighted by Gasteiger charge is 2.13. The van der Waals surface area contributed by atoms with Gasteiger partial charge in [-0.1, -0.05) is 18.2 Å². The minimum atomic E-state index is -0.187. The molecule has 3 rings (SSSR count). The first-order valence-electron chi connectivity index (χ1n) is 8.53. The van der Waals surface area contributed by atoms with Crippen LogP contribution in [0.1, 0.15) is 22.8 Å². The zero-order chi connectivity index (χ0) is 19.4. The number of hydrogen-bond donors (Lipinski definition) is 1. The van der Waals surface area contributed by atoms with Crippen molar-refractivity contribution >= 4 is 28.5 Å². The molecule has 0 saturated heterocycles. The zero-order valence-electron chi connectivity index (χ0n) is 15.5. The summed E-state index contributed by atoms with van der Waals surface area (Å²) in [6.45, 7) is 1.92. The van der Waals surface area contributed by atoms with Crippen molar-refractivity contribution in [3.05, 3.63) is 65.7 Å². The van der Waals surface area contributed by atoms with Crippen LogP contribution < -0.4 is 10.1 Å². The van der Waals surface area contributed by atoms with Crippen molar-refractivity contribution in [1.29, 1.82) is 0 Å². The quantitative estimate of drug-likeness (QED) is 0.753. The van der Waals surface area contributed by atoms with Crippen molar-refractivity contribution in [3.8, 4) is 5.75 Å². The third-order valence-corrected chi connectivity index (χ3v) is 4.17. The van der Waals surface area contributed by atoms with Gasteiger partial charge in [-0.05, 0) is 42.0 Å². The summed E-state index contributed by atoms with van der Waals surface area (Å²) in [5.41, 5.74) is 2.22. The Hall–Kier alpha value is -3.41. The maximum atomic E-state index is 12.8. The van der Waals surface area contributed by atoms with E-state index < -0.39 is 0 Å². The molecule has 0 saturated carbocycles. The van der Waals surface area contributed by atoms with Gasteiger partial charge in [0.1, 0.15) is 11.6 Å².